The quantitative estimate of drug-likeness (QED) is 0.670. The van der Waals surface area contributed by atoms with Gasteiger partial charge in [-0.2, -0.15) is 5.26 Å². The second kappa shape index (κ2) is 4.11. The standard InChI is InChI=1S/C11H19NO/c1-4-10-6-5-7-11(10,8-12)13-9(2)3/h9-10H,4-7H2,1-3H3. The Labute approximate surface area is 80.9 Å². The van der Waals surface area contributed by atoms with Crippen LogP contribution in [0.4, 0.5) is 0 Å². The topological polar surface area (TPSA) is 33.0 Å². The molecule has 2 unspecified atom stereocenters. The minimum Gasteiger partial charge on any atom is -0.357 e. The molecule has 2 heteroatoms. The molecule has 1 saturated carbocycles. The molecule has 13 heavy (non-hydrogen) atoms. The lowest BCUT2D eigenvalue weighted by Gasteiger charge is -2.30. The number of rotatable bonds is 3. The Morgan fingerprint density at radius 3 is 2.77 bits per heavy atom. The summed E-state index contributed by atoms with van der Waals surface area (Å²) in [4.78, 5) is 0. The van der Waals surface area contributed by atoms with Crippen LogP contribution in [0, 0.1) is 17.2 Å². The molecule has 1 aliphatic rings. The van der Waals surface area contributed by atoms with E-state index >= 15 is 0 Å². The van der Waals surface area contributed by atoms with E-state index in [2.05, 4.69) is 13.0 Å². The van der Waals surface area contributed by atoms with Gasteiger partial charge in [-0.05, 0) is 39.5 Å². The van der Waals surface area contributed by atoms with Gasteiger partial charge >= 0.3 is 0 Å². The Balaban J connectivity index is 2.73. The van der Waals surface area contributed by atoms with Gasteiger partial charge in [0.25, 0.3) is 0 Å². The van der Waals surface area contributed by atoms with Crippen LogP contribution in [-0.2, 0) is 4.74 Å². The van der Waals surface area contributed by atoms with Crippen LogP contribution in [0.2, 0.25) is 0 Å². The van der Waals surface area contributed by atoms with E-state index in [0.29, 0.717) is 5.92 Å². The molecule has 0 heterocycles. The van der Waals surface area contributed by atoms with E-state index in [1.54, 1.807) is 0 Å². The summed E-state index contributed by atoms with van der Waals surface area (Å²) < 4.78 is 5.79. The molecule has 0 aromatic rings. The summed E-state index contributed by atoms with van der Waals surface area (Å²) in [5, 5.41) is 9.19. The molecule has 0 saturated heterocycles. The second-order valence-electron chi connectivity index (χ2n) is 4.17. The highest BCUT2D eigenvalue weighted by Gasteiger charge is 2.43. The fourth-order valence-electron chi connectivity index (χ4n) is 2.33. The molecule has 0 aromatic heterocycles. The van der Waals surface area contributed by atoms with Gasteiger partial charge in [-0.25, -0.2) is 0 Å². The minimum atomic E-state index is -0.469. The van der Waals surface area contributed by atoms with Crippen molar-refractivity contribution in [3.63, 3.8) is 0 Å². The lowest BCUT2D eigenvalue weighted by atomic mass is 9.89. The van der Waals surface area contributed by atoms with Gasteiger partial charge in [-0.1, -0.05) is 6.92 Å². The van der Waals surface area contributed by atoms with Crippen LogP contribution in [-0.4, -0.2) is 11.7 Å². The van der Waals surface area contributed by atoms with Gasteiger partial charge in [0.15, 0.2) is 5.60 Å². The normalized spacial score (nSPS) is 33.6. The van der Waals surface area contributed by atoms with Crippen molar-refractivity contribution in [2.75, 3.05) is 0 Å². The van der Waals surface area contributed by atoms with Crippen LogP contribution >= 0.6 is 0 Å². The summed E-state index contributed by atoms with van der Waals surface area (Å²) in [6.07, 6.45) is 4.42. The van der Waals surface area contributed by atoms with Crippen molar-refractivity contribution in [3.05, 3.63) is 0 Å². The summed E-state index contributed by atoms with van der Waals surface area (Å²) in [5.41, 5.74) is -0.469. The molecule has 2 atom stereocenters. The average molecular weight is 181 g/mol. The molecule has 1 rings (SSSR count). The Kier molecular flexibility index (Phi) is 3.33. The smallest absolute Gasteiger partial charge is 0.157 e. The number of nitrogens with zero attached hydrogens (tertiary/aromatic N) is 1. The zero-order valence-corrected chi connectivity index (χ0v) is 8.84. The fraction of sp³-hybridized carbons (Fsp3) is 0.909. The van der Waals surface area contributed by atoms with Gasteiger partial charge < -0.3 is 4.74 Å². The van der Waals surface area contributed by atoms with E-state index in [1.165, 1.54) is 0 Å². The van der Waals surface area contributed by atoms with E-state index in [0.717, 1.165) is 25.7 Å². The van der Waals surface area contributed by atoms with Crippen LogP contribution in [0.5, 0.6) is 0 Å². The zero-order valence-electron chi connectivity index (χ0n) is 8.84. The third kappa shape index (κ3) is 2.03. The first-order valence-electron chi connectivity index (χ1n) is 5.23. The molecule has 0 amide bonds. The Hall–Kier alpha value is -0.550. The van der Waals surface area contributed by atoms with Crippen molar-refractivity contribution in [3.8, 4) is 6.07 Å². The van der Waals surface area contributed by atoms with Gasteiger partial charge in [0.05, 0.1) is 12.2 Å². The van der Waals surface area contributed by atoms with Gasteiger partial charge in [0.1, 0.15) is 0 Å². The van der Waals surface area contributed by atoms with Crippen molar-refractivity contribution in [2.45, 2.75) is 58.2 Å². The summed E-state index contributed by atoms with van der Waals surface area (Å²) in [6, 6.07) is 2.39. The zero-order chi connectivity index (χ0) is 9.90. The minimum absolute atomic E-state index is 0.159. The van der Waals surface area contributed by atoms with E-state index in [4.69, 9.17) is 4.74 Å². The largest absolute Gasteiger partial charge is 0.357 e. The predicted octanol–water partition coefficient (Wildman–Crippen LogP) is 2.88. The Morgan fingerprint density at radius 2 is 2.31 bits per heavy atom. The van der Waals surface area contributed by atoms with Crippen molar-refractivity contribution >= 4 is 0 Å². The highest BCUT2D eigenvalue weighted by atomic mass is 16.5. The molecule has 0 bridgehead atoms. The monoisotopic (exact) mass is 181 g/mol. The SMILES string of the molecule is CCC1CCCC1(C#N)OC(C)C. The van der Waals surface area contributed by atoms with Gasteiger partial charge in [0.2, 0.25) is 0 Å². The maximum absolute atomic E-state index is 9.19. The molecule has 0 aliphatic heterocycles. The number of ether oxygens (including phenoxy) is 1. The lowest BCUT2D eigenvalue weighted by Crippen LogP contribution is -2.37. The molecule has 0 N–H and O–H groups in total. The van der Waals surface area contributed by atoms with Crippen LogP contribution in [0.15, 0.2) is 0 Å². The first-order valence-corrected chi connectivity index (χ1v) is 5.23. The highest BCUT2D eigenvalue weighted by molar-refractivity contribution is 5.09. The second-order valence-corrected chi connectivity index (χ2v) is 4.17. The van der Waals surface area contributed by atoms with Crippen LogP contribution in [0.25, 0.3) is 0 Å². The number of hydrogen-bond acceptors (Lipinski definition) is 2. The molecule has 2 nitrogen and oxygen atoms in total. The number of hydrogen-bond donors (Lipinski definition) is 0. The fourth-order valence-corrected chi connectivity index (χ4v) is 2.33. The first kappa shape index (κ1) is 10.5. The van der Waals surface area contributed by atoms with E-state index in [1.807, 2.05) is 13.8 Å². The van der Waals surface area contributed by atoms with Gasteiger partial charge in [-0.3, -0.25) is 0 Å². The maximum atomic E-state index is 9.19. The highest BCUT2D eigenvalue weighted by Crippen LogP contribution is 2.40. The van der Waals surface area contributed by atoms with E-state index in [-0.39, 0.29) is 6.10 Å². The average Bonchev–Trinajstić information content (AvgIpc) is 2.47. The van der Waals surface area contributed by atoms with Gasteiger partial charge in [0, 0.05) is 5.92 Å². The first-order chi connectivity index (χ1) is 6.14. The van der Waals surface area contributed by atoms with Crippen molar-refractivity contribution in [2.24, 2.45) is 5.92 Å². The lowest BCUT2D eigenvalue weighted by molar-refractivity contribution is -0.0653. The predicted molar refractivity (Wildman–Crippen MR) is 52.2 cm³/mol. The summed E-state index contributed by atoms with van der Waals surface area (Å²) in [5.74, 6) is 0.444. The third-order valence-electron chi connectivity index (χ3n) is 2.89. The van der Waals surface area contributed by atoms with Crippen molar-refractivity contribution < 1.29 is 4.74 Å². The number of nitriles is 1. The molecule has 0 aromatic carbocycles. The molecule has 1 fully saturated rings. The van der Waals surface area contributed by atoms with Gasteiger partial charge in [-0.15, -0.1) is 0 Å². The van der Waals surface area contributed by atoms with E-state index in [9.17, 15) is 5.26 Å². The maximum Gasteiger partial charge on any atom is 0.157 e. The third-order valence-corrected chi connectivity index (χ3v) is 2.89. The molecule has 74 valence electrons. The molecule has 1 aliphatic carbocycles. The Morgan fingerprint density at radius 1 is 1.62 bits per heavy atom. The Bertz CT molecular complexity index is 207. The van der Waals surface area contributed by atoms with E-state index < -0.39 is 5.60 Å². The molecule has 0 radical (unpaired) electrons. The summed E-state index contributed by atoms with van der Waals surface area (Å²) >= 11 is 0. The summed E-state index contributed by atoms with van der Waals surface area (Å²) in [6.45, 7) is 6.15. The van der Waals surface area contributed by atoms with Crippen molar-refractivity contribution in [1.29, 1.82) is 5.26 Å². The summed E-state index contributed by atoms with van der Waals surface area (Å²) in [7, 11) is 0. The molecular formula is C11H19NO. The van der Waals surface area contributed by atoms with Crippen LogP contribution in [0.3, 0.4) is 0 Å². The van der Waals surface area contributed by atoms with Crippen LogP contribution in [0.1, 0.15) is 46.5 Å². The molecule has 0 spiro atoms. The van der Waals surface area contributed by atoms with Crippen molar-refractivity contribution in [1.82, 2.24) is 0 Å². The molecular weight excluding hydrogens is 162 g/mol. The van der Waals surface area contributed by atoms with Crippen LogP contribution < -0.4 is 0 Å².